The second-order valence-electron chi connectivity index (χ2n) is 7.69. The summed E-state index contributed by atoms with van der Waals surface area (Å²) in [7, 11) is 0. The Balaban J connectivity index is 5.09. The maximum atomic E-state index is 12.6. The lowest BCUT2D eigenvalue weighted by molar-refractivity contribution is -0.147. The molecule has 4 atom stereocenters. The van der Waals surface area contributed by atoms with E-state index in [1.807, 2.05) is 13.8 Å². The van der Waals surface area contributed by atoms with Gasteiger partial charge in [-0.1, -0.05) is 27.7 Å². The first-order chi connectivity index (χ1) is 13.3. The van der Waals surface area contributed by atoms with Crippen LogP contribution >= 0.6 is 0 Å². The van der Waals surface area contributed by atoms with Crippen LogP contribution in [0.4, 0.5) is 0 Å². The first-order valence-electron chi connectivity index (χ1n) is 9.37. The van der Waals surface area contributed by atoms with Gasteiger partial charge in [0.05, 0.1) is 12.5 Å². The highest BCUT2D eigenvalue weighted by molar-refractivity contribution is 5.94. The third-order valence-electron chi connectivity index (χ3n) is 4.11. The minimum Gasteiger partial charge on any atom is -0.481 e. The molecule has 0 saturated carbocycles. The van der Waals surface area contributed by atoms with Crippen molar-refractivity contribution < 1.29 is 34.2 Å². The van der Waals surface area contributed by atoms with Gasteiger partial charge in [0, 0.05) is 0 Å². The number of aliphatic carboxylic acids is 2. The normalized spacial score (nSPS) is 15.2. The van der Waals surface area contributed by atoms with E-state index < -0.39 is 60.2 Å². The minimum absolute atomic E-state index is 0.0532. The van der Waals surface area contributed by atoms with Crippen LogP contribution in [0, 0.1) is 11.8 Å². The molecule has 166 valence electrons. The van der Waals surface area contributed by atoms with Gasteiger partial charge in [-0.25, -0.2) is 4.79 Å². The second kappa shape index (κ2) is 12.0. The van der Waals surface area contributed by atoms with Crippen LogP contribution in [0.25, 0.3) is 0 Å². The Hall–Kier alpha value is -2.69. The molecule has 0 rings (SSSR count). The van der Waals surface area contributed by atoms with Gasteiger partial charge < -0.3 is 31.9 Å². The summed E-state index contributed by atoms with van der Waals surface area (Å²) in [4.78, 5) is 58.7. The van der Waals surface area contributed by atoms with E-state index >= 15 is 0 Å². The number of amides is 3. The molecule has 7 N–H and O–H groups in total. The lowest BCUT2D eigenvalue weighted by Crippen LogP contribution is -2.57. The molecule has 0 aromatic heterocycles. The molecule has 0 aliphatic heterocycles. The van der Waals surface area contributed by atoms with Crippen LogP contribution < -0.4 is 21.7 Å². The summed E-state index contributed by atoms with van der Waals surface area (Å²) in [6, 6.07) is -4.51. The molecule has 0 heterocycles. The molecule has 29 heavy (non-hydrogen) atoms. The van der Waals surface area contributed by atoms with E-state index in [0.717, 1.165) is 0 Å². The molecule has 4 unspecified atom stereocenters. The van der Waals surface area contributed by atoms with Crippen molar-refractivity contribution in [1.29, 1.82) is 0 Å². The minimum atomic E-state index is -1.63. The summed E-state index contributed by atoms with van der Waals surface area (Å²) in [6.07, 6.45) is -0.506. The number of carboxylic acid groups (broad SMARTS) is 2. The number of hydrogen-bond donors (Lipinski definition) is 6. The van der Waals surface area contributed by atoms with Gasteiger partial charge in [0.25, 0.3) is 0 Å². The van der Waals surface area contributed by atoms with Gasteiger partial charge in [0.2, 0.25) is 17.7 Å². The van der Waals surface area contributed by atoms with Crippen molar-refractivity contribution in [3.63, 3.8) is 0 Å². The summed E-state index contributed by atoms with van der Waals surface area (Å²) in [6.45, 7) is 8.57. The Morgan fingerprint density at radius 1 is 0.793 bits per heavy atom. The van der Waals surface area contributed by atoms with Crippen molar-refractivity contribution in [2.24, 2.45) is 17.6 Å². The van der Waals surface area contributed by atoms with Crippen LogP contribution in [0.2, 0.25) is 0 Å². The number of hydrogen-bond acceptors (Lipinski definition) is 6. The second-order valence-corrected chi connectivity index (χ2v) is 7.69. The van der Waals surface area contributed by atoms with Crippen molar-refractivity contribution >= 4 is 29.7 Å². The SMILES string of the molecule is CC(C)CC(NC(=O)C(N)C(C)C)C(=O)NC(C)C(=O)NC(CC(=O)O)C(=O)O. The monoisotopic (exact) mass is 416 g/mol. The zero-order chi connectivity index (χ0) is 22.9. The fourth-order valence-electron chi connectivity index (χ4n) is 2.32. The first-order valence-corrected chi connectivity index (χ1v) is 9.37. The highest BCUT2D eigenvalue weighted by atomic mass is 16.4. The van der Waals surface area contributed by atoms with Crippen molar-refractivity contribution in [2.45, 2.75) is 71.6 Å². The maximum absolute atomic E-state index is 12.6. The number of carbonyl (C=O) groups excluding carboxylic acids is 3. The Labute approximate surface area is 169 Å². The van der Waals surface area contributed by atoms with E-state index in [2.05, 4.69) is 16.0 Å². The van der Waals surface area contributed by atoms with Crippen LogP contribution in [-0.2, 0) is 24.0 Å². The van der Waals surface area contributed by atoms with Crippen molar-refractivity contribution in [2.75, 3.05) is 0 Å². The number of nitrogens with one attached hydrogen (secondary N) is 3. The van der Waals surface area contributed by atoms with E-state index in [9.17, 15) is 24.0 Å². The number of carboxylic acids is 2. The molecule has 0 aromatic carbocycles. The largest absolute Gasteiger partial charge is 0.481 e. The molecule has 0 aliphatic carbocycles. The molecule has 0 aliphatic rings. The molecule has 11 heteroatoms. The van der Waals surface area contributed by atoms with Crippen molar-refractivity contribution in [1.82, 2.24) is 16.0 Å². The van der Waals surface area contributed by atoms with Gasteiger partial charge >= 0.3 is 11.9 Å². The number of carbonyl (C=O) groups is 5. The third kappa shape index (κ3) is 9.88. The molecule has 0 fully saturated rings. The van der Waals surface area contributed by atoms with Gasteiger partial charge in [-0.3, -0.25) is 19.2 Å². The first kappa shape index (κ1) is 26.3. The lowest BCUT2D eigenvalue weighted by atomic mass is 10.0. The van der Waals surface area contributed by atoms with E-state index in [1.54, 1.807) is 13.8 Å². The highest BCUT2D eigenvalue weighted by Crippen LogP contribution is 2.07. The Morgan fingerprint density at radius 3 is 1.72 bits per heavy atom. The quantitative estimate of drug-likeness (QED) is 0.235. The standard InChI is InChI=1S/C18H32N4O7/c1-8(2)6-11(21-17(27)14(19)9(3)4)16(26)20-10(5)15(25)22-12(18(28)29)7-13(23)24/h8-12,14H,6-7,19H2,1-5H3,(H,20,26)(H,21,27)(H,22,25)(H,23,24)(H,28,29). The van der Waals surface area contributed by atoms with Crippen molar-refractivity contribution in [3.8, 4) is 0 Å². The molecule has 0 aromatic rings. The third-order valence-corrected chi connectivity index (χ3v) is 4.11. The number of nitrogens with two attached hydrogens (primary N) is 1. The van der Waals surface area contributed by atoms with Crippen LogP contribution in [-0.4, -0.2) is 64.0 Å². The van der Waals surface area contributed by atoms with E-state index in [1.165, 1.54) is 6.92 Å². The fraction of sp³-hybridized carbons (Fsp3) is 0.722. The predicted molar refractivity (Wildman–Crippen MR) is 104 cm³/mol. The van der Waals surface area contributed by atoms with Crippen LogP contribution in [0.3, 0.4) is 0 Å². The average Bonchev–Trinajstić information content (AvgIpc) is 2.58. The maximum Gasteiger partial charge on any atom is 0.326 e. The summed E-state index contributed by atoms with van der Waals surface area (Å²) >= 11 is 0. The van der Waals surface area contributed by atoms with Gasteiger partial charge in [0.15, 0.2) is 0 Å². The zero-order valence-electron chi connectivity index (χ0n) is 17.4. The average molecular weight is 416 g/mol. The molecular weight excluding hydrogens is 384 g/mol. The Kier molecular flexibility index (Phi) is 10.9. The molecule has 0 saturated heterocycles. The highest BCUT2D eigenvalue weighted by Gasteiger charge is 2.29. The van der Waals surface area contributed by atoms with Gasteiger partial charge in [-0.05, 0) is 25.2 Å². The van der Waals surface area contributed by atoms with Gasteiger partial charge in [0.1, 0.15) is 18.1 Å². The fourth-order valence-corrected chi connectivity index (χ4v) is 2.32. The molecule has 0 radical (unpaired) electrons. The topological polar surface area (TPSA) is 188 Å². The van der Waals surface area contributed by atoms with E-state index in [0.29, 0.717) is 6.42 Å². The molecule has 0 spiro atoms. The summed E-state index contributed by atoms with van der Waals surface area (Å²) < 4.78 is 0. The molecule has 11 nitrogen and oxygen atoms in total. The van der Waals surface area contributed by atoms with Crippen LogP contribution in [0.5, 0.6) is 0 Å². The van der Waals surface area contributed by atoms with E-state index in [4.69, 9.17) is 15.9 Å². The molecule has 0 bridgehead atoms. The summed E-state index contributed by atoms with van der Waals surface area (Å²) in [5.41, 5.74) is 5.80. The molecule has 3 amide bonds. The van der Waals surface area contributed by atoms with Crippen molar-refractivity contribution in [3.05, 3.63) is 0 Å². The number of rotatable bonds is 12. The lowest BCUT2D eigenvalue weighted by Gasteiger charge is -2.25. The van der Waals surface area contributed by atoms with Gasteiger partial charge in [-0.15, -0.1) is 0 Å². The Morgan fingerprint density at radius 2 is 1.31 bits per heavy atom. The zero-order valence-corrected chi connectivity index (χ0v) is 17.4. The van der Waals surface area contributed by atoms with E-state index in [-0.39, 0.29) is 11.8 Å². The van der Waals surface area contributed by atoms with Crippen LogP contribution in [0.1, 0.15) is 47.5 Å². The summed E-state index contributed by atoms with van der Waals surface area (Å²) in [5, 5.41) is 24.8. The Bertz CT molecular complexity index is 621. The van der Waals surface area contributed by atoms with Crippen LogP contribution in [0.15, 0.2) is 0 Å². The summed E-state index contributed by atoms with van der Waals surface area (Å²) in [5.74, 6) is -4.97. The predicted octanol–water partition coefficient (Wildman–Crippen LogP) is -0.951. The smallest absolute Gasteiger partial charge is 0.326 e. The van der Waals surface area contributed by atoms with Gasteiger partial charge in [-0.2, -0.15) is 0 Å². The molecular formula is C18H32N4O7.